The van der Waals surface area contributed by atoms with Gasteiger partial charge in [0.1, 0.15) is 0 Å². The van der Waals surface area contributed by atoms with Crippen molar-refractivity contribution in [2.24, 2.45) is 0 Å². The fourth-order valence-corrected chi connectivity index (χ4v) is 1.30. The van der Waals surface area contributed by atoms with Crippen molar-refractivity contribution in [1.82, 2.24) is 10.3 Å². The Morgan fingerprint density at radius 2 is 2.44 bits per heavy atom. The highest BCUT2D eigenvalue weighted by Crippen LogP contribution is 2.05. The second-order valence-electron chi connectivity index (χ2n) is 3.39. The van der Waals surface area contributed by atoms with E-state index in [1.165, 1.54) is 0 Å². The number of rotatable bonds is 7. The number of aliphatic hydroxyl groups is 1. The Morgan fingerprint density at radius 3 is 3.12 bits per heavy atom. The van der Waals surface area contributed by atoms with Gasteiger partial charge in [0.25, 0.3) is 0 Å². The summed E-state index contributed by atoms with van der Waals surface area (Å²) in [4.78, 5) is 14.3. The van der Waals surface area contributed by atoms with E-state index in [4.69, 9.17) is 9.84 Å². The van der Waals surface area contributed by atoms with Crippen molar-refractivity contribution >= 4 is 5.97 Å². The van der Waals surface area contributed by atoms with Crippen molar-refractivity contribution in [3.05, 3.63) is 23.5 Å². The SMILES string of the molecule is CCOC(=O)c1c[nH]c(CNCCCO)c1. The van der Waals surface area contributed by atoms with Crippen LogP contribution in [0.2, 0.25) is 0 Å². The van der Waals surface area contributed by atoms with Crippen molar-refractivity contribution in [3.8, 4) is 0 Å². The van der Waals surface area contributed by atoms with Crippen LogP contribution >= 0.6 is 0 Å². The van der Waals surface area contributed by atoms with Crippen molar-refractivity contribution in [1.29, 1.82) is 0 Å². The summed E-state index contributed by atoms with van der Waals surface area (Å²) in [5.74, 6) is -0.305. The summed E-state index contributed by atoms with van der Waals surface area (Å²) in [7, 11) is 0. The molecule has 0 radical (unpaired) electrons. The molecule has 0 spiro atoms. The number of hydrogen-bond donors (Lipinski definition) is 3. The summed E-state index contributed by atoms with van der Waals surface area (Å²) in [6.45, 7) is 3.76. The molecule has 1 aromatic rings. The molecule has 0 aliphatic rings. The van der Waals surface area contributed by atoms with Crippen LogP contribution in [0.15, 0.2) is 12.3 Å². The van der Waals surface area contributed by atoms with E-state index in [-0.39, 0.29) is 12.6 Å². The average Bonchev–Trinajstić information content (AvgIpc) is 2.73. The standard InChI is InChI=1S/C11H18N2O3/c1-2-16-11(15)9-6-10(13-7-9)8-12-4-3-5-14/h6-7,12-14H,2-5,8H2,1H3. The molecular formula is C11H18N2O3. The molecule has 90 valence electrons. The Kier molecular flexibility index (Phi) is 5.60. The molecule has 5 nitrogen and oxygen atoms in total. The number of carbonyl (C=O) groups excluding carboxylic acids is 1. The summed E-state index contributed by atoms with van der Waals surface area (Å²) in [6.07, 6.45) is 2.37. The zero-order chi connectivity index (χ0) is 11.8. The highest BCUT2D eigenvalue weighted by Gasteiger charge is 2.08. The smallest absolute Gasteiger partial charge is 0.339 e. The van der Waals surface area contributed by atoms with Gasteiger partial charge in [-0.2, -0.15) is 0 Å². The normalized spacial score (nSPS) is 10.4. The van der Waals surface area contributed by atoms with Crippen LogP contribution in [0.1, 0.15) is 29.4 Å². The van der Waals surface area contributed by atoms with E-state index in [1.54, 1.807) is 19.2 Å². The lowest BCUT2D eigenvalue weighted by atomic mass is 10.3. The molecule has 0 fully saturated rings. The minimum atomic E-state index is -0.305. The molecule has 1 rings (SSSR count). The van der Waals surface area contributed by atoms with Gasteiger partial charge in [-0.1, -0.05) is 0 Å². The fraction of sp³-hybridized carbons (Fsp3) is 0.545. The first-order valence-corrected chi connectivity index (χ1v) is 5.44. The van der Waals surface area contributed by atoms with Crippen LogP contribution < -0.4 is 5.32 Å². The van der Waals surface area contributed by atoms with Crippen LogP contribution in [-0.4, -0.2) is 35.8 Å². The summed E-state index contributed by atoms with van der Waals surface area (Å²) in [6, 6.07) is 1.77. The molecule has 0 atom stereocenters. The van der Waals surface area contributed by atoms with Gasteiger partial charge in [0.15, 0.2) is 0 Å². The highest BCUT2D eigenvalue weighted by atomic mass is 16.5. The number of H-pyrrole nitrogens is 1. The van der Waals surface area contributed by atoms with Crippen molar-refractivity contribution in [2.75, 3.05) is 19.8 Å². The Bertz CT molecular complexity index is 323. The van der Waals surface area contributed by atoms with Gasteiger partial charge in [-0.15, -0.1) is 0 Å². The first-order valence-electron chi connectivity index (χ1n) is 5.44. The third-order valence-electron chi connectivity index (χ3n) is 2.08. The molecule has 0 aliphatic carbocycles. The first kappa shape index (κ1) is 12.7. The maximum atomic E-state index is 11.3. The zero-order valence-corrected chi connectivity index (χ0v) is 9.45. The molecule has 16 heavy (non-hydrogen) atoms. The Morgan fingerprint density at radius 1 is 1.62 bits per heavy atom. The van der Waals surface area contributed by atoms with Crippen LogP contribution in [-0.2, 0) is 11.3 Å². The van der Waals surface area contributed by atoms with E-state index < -0.39 is 0 Å². The maximum absolute atomic E-state index is 11.3. The predicted molar refractivity (Wildman–Crippen MR) is 60.2 cm³/mol. The molecule has 0 aromatic carbocycles. The number of aromatic nitrogens is 1. The van der Waals surface area contributed by atoms with E-state index in [0.717, 1.165) is 18.7 Å². The molecule has 0 saturated heterocycles. The molecule has 5 heteroatoms. The fourth-order valence-electron chi connectivity index (χ4n) is 1.30. The molecule has 0 saturated carbocycles. The summed E-state index contributed by atoms with van der Waals surface area (Å²) in [5, 5.41) is 11.7. The summed E-state index contributed by atoms with van der Waals surface area (Å²) in [5.41, 5.74) is 1.47. The largest absolute Gasteiger partial charge is 0.462 e. The summed E-state index contributed by atoms with van der Waals surface area (Å²) >= 11 is 0. The highest BCUT2D eigenvalue weighted by molar-refractivity contribution is 5.89. The van der Waals surface area contributed by atoms with Crippen LogP contribution in [0.3, 0.4) is 0 Å². The maximum Gasteiger partial charge on any atom is 0.339 e. The number of nitrogens with one attached hydrogen (secondary N) is 2. The minimum absolute atomic E-state index is 0.186. The number of esters is 1. The quantitative estimate of drug-likeness (QED) is 0.472. The minimum Gasteiger partial charge on any atom is -0.462 e. The van der Waals surface area contributed by atoms with E-state index in [1.807, 2.05) is 0 Å². The topological polar surface area (TPSA) is 74.4 Å². The molecular weight excluding hydrogens is 208 g/mol. The number of aromatic amines is 1. The van der Waals surface area contributed by atoms with Crippen LogP contribution in [0, 0.1) is 0 Å². The van der Waals surface area contributed by atoms with E-state index in [2.05, 4.69) is 10.3 Å². The number of ether oxygens (including phenoxy) is 1. The molecule has 0 bridgehead atoms. The zero-order valence-electron chi connectivity index (χ0n) is 9.45. The van der Waals surface area contributed by atoms with Crippen LogP contribution in [0.25, 0.3) is 0 Å². The Hall–Kier alpha value is -1.33. The molecule has 0 aliphatic heterocycles. The number of carbonyl (C=O) groups is 1. The lowest BCUT2D eigenvalue weighted by Gasteiger charge is -2.00. The Labute approximate surface area is 94.8 Å². The molecule has 1 heterocycles. The number of aliphatic hydroxyl groups excluding tert-OH is 1. The van der Waals surface area contributed by atoms with Crippen LogP contribution in [0.5, 0.6) is 0 Å². The van der Waals surface area contributed by atoms with E-state index >= 15 is 0 Å². The van der Waals surface area contributed by atoms with Crippen LogP contribution in [0.4, 0.5) is 0 Å². The van der Waals surface area contributed by atoms with Gasteiger partial charge in [0.2, 0.25) is 0 Å². The van der Waals surface area contributed by atoms with Crippen molar-refractivity contribution < 1.29 is 14.6 Å². The van der Waals surface area contributed by atoms with Gasteiger partial charge in [0, 0.05) is 25.0 Å². The second kappa shape index (κ2) is 7.03. The number of hydrogen-bond acceptors (Lipinski definition) is 4. The van der Waals surface area contributed by atoms with Gasteiger partial charge in [-0.25, -0.2) is 4.79 Å². The third kappa shape index (κ3) is 4.04. The third-order valence-corrected chi connectivity index (χ3v) is 2.08. The van der Waals surface area contributed by atoms with Gasteiger partial charge in [0.05, 0.1) is 12.2 Å². The average molecular weight is 226 g/mol. The van der Waals surface area contributed by atoms with E-state index in [0.29, 0.717) is 18.7 Å². The van der Waals surface area contributed by atoms with Crippen molar-refractivity contribution in [3.63, 3.8) is 0 Å². The van der Waals surface area contributed by atoms with Gasteiger partial charge in [-0.05, 0) is 26.0 Å². The van der Waals surface area contributed by atoms with E-state index in [9.17, 15) is 4.79 Å². The van der Waals surface area contributed by atoms with Gasteiger partial charge < -0.3 is 20.1 Å². The lowest BCUT2D eigenvalue weighted by Crippen LogP contribution is -2.15. The monoisotopic (exact) mass is 226 g/mol. The predicted octanol–water partition coefficient (Wildman–Crippen LogP) is 0.663. The molecule has 1 aromatic heterocycles. The van der Waals surface area contributed by atoms with Gasteiger partial charge >= 0.3 is 5.97 Å². The molecule has 3 N–H and O–H groups in total. The van der Waals surface area contributed by atoms with Gasteiger partial charge in [-0.3, -0.25) is 0 Å². The summed E-state index contributed by atoms with van der Waals surface area (Å²) < 4.78 is 4.87. The van der Waals surface area contributed by atoms with Crippen molar-refractivity contribution in [2.45, 2.75) is 19.9 Å². The Balaban J connectivity index is 2.36. The molecule has 0 amide bonds. The molecule has 0 unspecified atom stereocenters. The second-order valence-corrected chi connectivity index (χ2v) is 3.39. The lowest BCUT2D eigenvalue weighted by molar-refractivity contribution is 0.0526. The first-order chi connectivity index (χ1) is 7.77.